The van der Waals surface area contributed by atoms with E-state index in [2.05, 4.69) is 4.90 Å². The van der Waals surface area contributed by atoms with E-state index in [1.54, 1.807) is 0 Å². The van der Waals surface area contributed by atoms with E-state index < -0.39 is 5.60 Å². The summed E-state index contributed by atoms with van der Waals surface area (Å²) in [4.78, 5) is 2.37. The van der Waals surface area contributed by atoms with Crippen molar-refractivity contribution < 1.29 is 10.2 Å². The van der Waals surface area contributed by atoms with Gasteiger partial charge in [-0.15, -0.1) is 0 Å². The molecule has 2 fully saturated rings. The van der Waals surface area contributed by atoms with Gasteiger partial charge in [-0.05, 0) is 32.6 Å². The molecule has 0 aliphatic carbocycles. The van der Waals surface area contributed by atoms with Crippen LogP contribution >= 0.6 is 0 Å². The Balaban J connectivity index is 2.04. The van der Waals surface area contributed by atoms with Crippen LogP contribution in [0.5, 0.6) is 0 Å². The number of piperidine rings is 1. The molecule has 2 heterocycles. The van der Waals surface area contributed by atoms with Crippen molar-refractivity contribution in [3.05, 3.63) is 0 Å². The summed E-state index contributed by atoms with van der Waals surface area (Å²) >= 11 is 0. The van der Waals surface area contributed by atoms with Crippen LogP contribution in [0.15, 0.2) is 0 Å². The molecule has 2 saturated heterocycles. The zero-order chi connectivity index (χ0) is 9.47. The Labute approximate surface area is 79.4 Å². The van der Waals surface area contributed by atoms with E-state index in [9.17, 15) is 5.11 Å². The quantitative estimate of drug-likeness (QED) is 0.652. The second-order valence-electron chi connectivity index (χ2n) is 4.75. The van der Waals surface area contributed by atoms with Crippen LogP contribution in [0.2, 0.25) is 0 Å². The van der Waals surface area contributed by atoms with E-state index in [0.29, 0.717) is 12.1 Å². The summed E-state index contributed by atoms with van der Waals surface area (Å²) in [5.74, 6) is 0. The van der Waals surface area contributed by atoms with Crippen LogP contribution in [0.25, 0.3) is 0 Å². The minimum absolute atomic E-state index is 0.245. The van der Waals surface area contributed by atoms with E-state index >= 15 is 0 Å². The van der Waals surface area contributed by atoms with Gasteiger partial charge < -0.3 is 10.2 Å². The predicted molar refractivity (Wildman–Crippen MR) is 50.5 cm³/mol. The zero-order valence-corrected chi connectivity index (χ0v) is 8.24. The molecule has 2 aliphatic rings. The lowest BCUT2D eigenvalue weighted by Gasteiger charge is -2.41. The molecule has 0 aromatic heterocycles. The number of rotatable bonds is 2. The van der Waals surface area contributed by atoms with Gasteiger partial charge in [-0.2, -0.15) is 0 Å². The van der Waals surface area contributed by atoms with Gasteiger partial charge in [0.1, 0.15) is 0 Å². The molecular formula is C10H19NO2. The van der Waals surface area contributed by atoms with Crippen LogP contribution in [-0.2, 0) is 0 Å². The molecule has 3 heteroatoms. The topological polar surface area (TPSA) is 43.7 Å². The molecule has 76 valence electrons. The SMILES string of the molecule is CC1(O)CC2CCC(C1)N2CCO. The lowest BCUT2D eigenvalue weighted by Crippen LogP contribution is -2.50. The average Bonchev–Trinajstić information content (AvgIpc) is 2.31. The summed E-state index contributed by atoms with van der Waals surface area (Å²) in [5, 5.41) is 18.9. The molecule has 2 unspecified atom stereocenters. The normalized spacial score (nSPS) is 45.5. The van der Waals surface area contributed by atoms with Gasteiger partial charge in [-0.1, -0.05) is 0 Å². The molecule has 2 N–H and O–H groups in total. The largest absolute Gasteiger partial charge is 0.395 e. The van der Waals surface area contributed by atoms with Crippen LogP contribution in [0.3, 0.4) is 0 Å². The molecule has 2 bridgehead atoms. The summed E-state index contributed by atoms with van der Waals surface area (Å²) in [7, 11) is 0. The summed E-state index contributed by atoms with van der Waals surface area (Å²) in [6, 6.07) is 1.03. The maximum atomic E-state index is 9.95. The van der Waals surface area contributed by atoms with E-state index in [-0.39, 0.29) is 6.61 Å². The smallest absolute Gasteiger partial charge is 0.0649 e. The second-order valence-corrected chi connectivity index (χ2v) is 4.75. The Kier molecular flexibility index (Phi) is 2.34. The first-order valence-electron chi connectivity index (χ1n) is 5.21. The van der Waals surface area contributed by atoms with Crippen molar-refractivity contribution in [2.45, 2.75) is 50.3 Å². The molecule has 13 heavy (non-hydrogen) atoms. The third-order valence-electron chi connectivity index (χ3n) is 3.48. The number of aliphatic hydroxyl groups excluding tert-OH is 1. The Morgan fingerprint density at radius 2 is 1.85 bits per heavy atom. The standard InChI is InChI=1S/C10H19NO2/c1-10(13)6-8-2-3-9(7-10)11(8)4-5-12/h8-9,12-13H,2-7H2,1H3. The zero-order valence-electron chi connectivity index (χ0n) is 8.24. The average molecular weight is 185 g/mol. The number of nitrogens with zero attached hydrogens (tertiary/aromatic N) is 1. The third-order valence-corrected chi connectivity index (χ3v) is 3.48. The Morgan fingerprint density at radius 1 is 1.31 bits per heavy atom. The van der Waals surface area contributed by atoms with Crippen LogP contribution in [-0.4, -0.2) is 45.9 Å². The van der Waals surface area contributed by atoms with Crippen molar-refractivity contribution in [3.8, 4) is 0 Å². The second kappa shape index (κ2) is 3.23. The van der Waals surface area contributed by atoms with Crippen LogP contribution < -0.4 is 0 Å². The molecule has 0 aromatic rings. The van der Waals surface area contributed by atoms with Gasteiger partial charge in [0.15, 0.2) is 0 Å². The molecule has 3 nitrogen and oxygen atoms in total. The number of aliphatic hydroxyl groups is 2. The molecule has 0 amide bonds. The summed E-state index contributed by atoms with van der Waals surface area (Å²) in [6.07, 6.45) is 4.15. The van der Waals surface area contributed by atoms with E-state index in [1.165, 1.54) is 12.8 Å². The van der Waals surface area contributed by atoms with Crippen LogP contribution in [0.1, 0.15) is 32.6 Å². The molecular weight excluding hydrogens is 166 g/mol. The fraction of sp³-hybridized carbons (Fsp3) is 1.00. The highest BCUT2D eigenvalue weighted by Crippen LogP contribution is 2.40. The lowest BCUT2D eigenvalue weighted by molar-refractivity contribution is -0.0419. The highest BCUT2D eigenvalue weighted by Gasteiger charge is 2.44. The van der Waals surface area contributed by atoms with Gasteiger partial charge in [-0.25, -0.2) is 0 Å². The molecule has 0 saturated carbocycles. The Hall–Kier alpha value is -0.120. The fourth-order valence-corrected chi connectivity index (χ4v) is 3.03. The molecule has 2 atom stereocenters. The third kappa shape index (κ3) is 1.73. The van der Waals surface area contributed by atoms with Crippen LogP contribution in [0, 0.1) is 0 Å². The Bertz CT molecular complexity index is 177. The molecule has 2 rings (SSSR count). The van der Waals surface area contributed by atoms with Crippen molar-refractivity contribution in [1.82, 2.24) is 4.90 Å². The first-order chi connectivity index (χ1) is 6.12. The number of hydrogen-bond donors (Lipinski definition) is 2. The molecule has 2 aliphatic heterocycles. The van der Waals surface area contributed by atoms with Gasteiger partial charge in [0.2, 0.25) is 0 Å². The van der Waals surface area contributed by atoms with E-state index in [4.69, 9.17) is 5.11 Å². The van der Waals surface area contributed by atoms with Crippen molar-refractivity contribution in [2.24, 2.45) is 0 Å². The monoisotopic (exact) mass is 185 g/mol. The molecule has 0 radical (unpaired) electrons. The lowest BCUT2D eigenvalue weighted by atomic mass is 9.88. The first-order valence-corrected chi connectivity index (χ1v) is 5.21. The van der Waals surface area contributed by atoms with Crippen molar-refractivity contribution in [1.29, 1.82) is 0 Å². The summed E-state index contributed by atoms with van der Waals surface area (Å²) in [6.45, 7) is 2.97. The van der Waals surface area contributed by atoms with E-state index in [1.807, 2.05) is 6.92 Å². The minimum atomic E-state index is -0.461. The van der Waals surface area contributed by atoms with Crippen molar-refractivity contribution >= 4 is 0 Å². The maximum absolute atomic E-state index is 9.95. The van der Waals surface area contributed by atoms with Crippen molar-refractivity contribution in [3.63, 3.8) is 0 Å². The van der Waals surface area contributed by atoms with Gasteiger partial charge in [-0.3, -0.25) is 4.90 Å². The summed E-state index contributed by atoms with van der Waals surface area (Å²) < 4.78 is 0. The van der Waals surface area contributed by atoms with Gasteiger partial charge in [0, 0.05) is 18.6 Å². The Morgan fingerprint density at radius 3 is 2.31 bits per heavy atom. The van der Waals surface area contributed by atoms with E-state index in [0.717, 1.165) is 19.4 Å². The maximum Gasteiger partial charge on any atom is 0.0649 e. The first kappa shape index (κ1) is 9.44. The van der Waals surface area contributed by atoms with Crippen LogP contribution in [0.4, 0.5) is 0 Å². The number of hydrogen-bond acceptors (Lipinski definition) is 3. The molecule has 0 spiro atoms. The van der Waals surface area contributed by atoms with Gasteiger partial charge in [0.25, 0.3) is 0 Å². The highest BCUT2D eigenvalue weighted by molar-refractivity contribution is 4.99. The number of fused-ring (bicyclic) bond motifs is 2. The van der Waals surface area contributed by atoms with Gasteiger partial charge in [0.05, 0.1) is 12.2 Å². The highest BCUT2D eigenvalue weighted by atomic mass is 16.3. The van der Waals surface area contributed by atoms with Crippen molar-refractivity contribution in [2.75, 3.05) is 13.2 Å². The predicted octanol–water partition coefficient (Wildman–Crippen LogP) is 0.356. The molecule has 0 aromatic carbocycles. The minimum Gasteiger partial charge on any atom is -0.395 e. The van der Waals surface area contributed by atoms with Gasteiger partial charge >= 0.3 is 0 Å². The fourth-order valence-electron chi connectivity index (χ4n) is 3.03. The summed E-state index contributed by atoms with van der Waals surface area (Å²) in [5.41, 5.74) is -0.461.